The van der Waals surface area contributed by atoms with Crippen LogP contribution < -0.4 is 10.2 Å². The fourth-order valence-electron chi connectivity index (χ4n) is 2.87. The van der Waals surface area contributed by atoms with Gasteiger partial charge in [0, 0.05) is 23.8 Å². The second-order valence-electron chi connectivity index (χ2n) is 5.62. The summed E-state index contributed by atoms with van der Waals surface area (Å²) in [6.45, 7) is 1.46. The first-order valence-electron chi connectivity index (χ1n) is 7.84. The quantitative estimate of drug-likeness (QED) is 0.784. The molecule has 0 amide bonds. The first-order chi connectivity index (χ1) is 11.8. The highest BCUT2D eigenvalue weighted by atomic mass is 35.5. The van der Waals surface area contributed by atoms with Crippen molar-refractivity contribution in [3.8, 4) is 0 Å². The zero-order valence-corrected chi connectivity index (χ0v) is 13.7. The zero-order valence-electron chi connectivity index (χ0n) is 13.0. The van der Waals surface area contributed by atoms with Crippen molar-refractivity contribution in [2.45, 2.75) is 13.0 Å². The molecule has 0 saturated carbocycles. The molecule has 5 nitrogen and oxygen atoms in total. The highest BCUT2D eigenvalue weighted by Crippen LogP contribution is 2.32. The average molecular weight is 338 g/mol. The van der Waals surface area contributed by atoms with Gasteiger partial charge in [-0.25, -0.2) is 0 Å². The number of rotatable bonds is 4. The number of hydrogen-bond acceptors (Lipinski definition) is 5. The lowest BCUT2D eigenvalue weighted by Crippen LogP contribution is -2.17. The Balaban J connectivity index is 1.54. The molecule has 2 aromatic carbocycles. The Morgan fingerprint density at radius 3 is 2.83 bits per heavy atom. The Kier molecular flexibility index (Phi) is 4.01. The van der Waals surface area contributed by atoms with Crippen molar-refractivity contribution in [1.82, 2.24) is 15.2 Å². The molecule has 3 aromatic rings. The van der Waals surface area contributed by atoms with Crippen molar-refractivity contribution in [1.29, 1.82) is 0 Å². The highest BCUT2D eigenvalue weighted by molar-refractivity contribution is 6.31. The standard InChI is InChI=1S/C18H16ClN5/c19-15-7-3-1-6-14(15)11-20-17-12-21-23-18(22-17)24-10-9-13-5-2-4-8-16(13)24/h1-8,12H,9-11H2,(H,20,22,23). The Morgan fingerprint density at radius 1 is 1.08 bits per heavy atom. The zero-order chi connectivity index (χ0) is 16.4. The van der Waals surface area contributed by atoms with Crippen molar-refractivity contribution >= 4 is 29.1 Å². The van der Waals surface area contributed by atoms with Crippen molar-refractivity contribution in [3.05, 3.63) is 70.9 Å². The van der Waals surface area contributed by atoms with Crippen LogP contribution in [0.3, 0.4) is 0 Å². The summed E-state index contributed by atoms with van der Waals surface area (Å²) >= 11 is 6.18. The van der Waals surface area contributed by atoms with Crippen LogP contribution in [0.1, 0.15) is 11.1 Å². The van der Waals surface area contributed by atoms with Gasteiger partial charge in [0.15, 0.2) is 5.82 Å². The van der Waals surface area contributed by atoms with Crippen LogP contribution in [0.25, 0.3) is 0 Å². The minimum Gasteiger partial charge on any atom is -0.364 e. The summed E-state index contributed by atoms with van der Waals surface area (Å²) in [6, 6.07) is 16.1. The maximum absolute atomic E-state index is 6.18. The summed E-state index contributed by atoms with van der Waals surface area (Å²) in [7, 11) is 0. The van der Waals surface area contributed by atoms with Crippen LogP contribution >= 0.6 is 11.6 Å². The van der Waals surface area contributed by atoms with Crippen LogP contribution in [0.4, 0.5) is 17.5 Å². The SMILES string of the molecule is Clc1ccccc1CNc1cnnc(N2CCc3ccccc32)n1. The van der Waals surface area contributed by atoms with Crippen molar-refractivity contribution in [3.63, 3.8) is 0 Å². The van der Waals surface area contributed by atoms with Crippen molar-refractivity contribution in [2.24, 2.45) is 0 Å². The van der Waals surface area contributed by atoms with E-state index in [4.69, 9.17) is 11.6 Å². The Hall–Kier alpha value is -2.66. The predicted octanol–water partition coefficient (Wildman–Crippen LogP) is 3.83. The van der Waals surface area contributed by atoms with Crippen LogP contribution in [0.5, 0.6) is 0 Å². The number of nitrogens with zero attached hydrogens (tertiary/aromatic N) is 4. The summed E-state index contributed by atoms with van der Waals surface area (Å²) in [5, 5.41) is 12.3. The van der Waals surface area contributed by atoms with Gasteiger partial charge < -0.3 is 10.2 Å². The van der Waals surface area contributed by atoms with E-state index < -0.39 is 0 Å². The molecule has 0 aliphatic carbocycles. The summed E-state index contributed by atoms with van der Waals surface area (Å²) < 4.78 is 0. The monoisotopic (exact) mass is 337 g/mol. The van der Waals surface area contributed by atoms with Gasteiger partial charge in [-0.2, -0.15) is 10.1 Å². The van der Waals surface area contributed by atoms with Crippen molar-refractivity contribution in [2.75, 3.05) is 16.8 Å². The normalized spacial score (nSPS) is 13.0. The van der Waals surface area contributed by atoms with Gasteiger partial charge in [0.1, 0.15) is 0 Å². The molecule has 1 N–H and O–H groups in total. The number of para-hydroxylation sites is 1. The second kappa shape index (κ2) is 6.45. The molecule has 120 valence electrons. The largest absolute Gasteiger partial charge is 0.364 e. The van der Waals surface area contributed by atoms with E-state index in [0.29, 0.717) is 18.3 Å². The molecule has 24 heavy (non-hydrogen) atoms. The lowest BCUT2D eigenvalue weighted by molar-refractivity contribution is 0.881. The molecule has 0 fully saturated rings. The summed E-state index contributed by atoms with van der Waals surface area (Å²) in [6.07, 6.45) is 2.62. The van der Waals surface area contributed by atoms with E-state index in [2.05, 4.69) is 43.6 Å². The van der Waals surface area contributed by atoms with Crippen LogP contribution in [0.2, 0.25) is 5.02 Å². The molecule has 0 radical (unpaired) electrons. The maximum Gasteiger partial charge on any atom is 0.251 e. The molecule has 6 heteroatoms. The lowest BCUT2D eigenvalue weighted by Gasteiger charge is -2.17. The average Bonchev–Trinajstić information content (AvgIpc) is 3.05. The number of benzene rings is 2. The third kappa shape index (κ3) is 2.90. The van der Waals surface area contributed by atoms with E-state index in [-0.39, 0.29) is 0 Å². The van der Waals surface area contributed by atoms with Gasteiger partial charge in [-0.3, -0.25) is 0 Å². The van der Waals surface area contributed by atoms with Gasteiger partial charge in [-0.15, -0.1) is 5.10 Å². The number of fused-ring (bicyclic) bond motifs is 1. The topological polar surface area (TPSA) is 53.9 Å². The van der Waals surface area contributed by atoms with E-state index in [1.807, 2.05) is 30.3 Å². The first kappa shape index (κ1) is 14.9. The van der Waals surface area contributed by atoms with Crippen LogP contribution in [-0.2, 0) is 13.0 Å². The van der Waals surface area contributed by atoms with Gasteiger partial charge >= 0.3 is 0 Å². The van der Waals surface area contributed by atoms with Gasteiger partial charge in [0.25, 0.3) is 5.95 Å². The maximum atomic E-state index is 6.18. The number of anilines is 3. The molecule has 1 aliphatic rings. The van der Waals surface area contributed by atoms with Crippen LogP contribution in [0.15, 0.2) is 54.7 Å². The highest BCUT2D eigenvalue weighted by Gasteiger charge is 2.22. The number of nitrogens with one attached hydrogen (secondary N) is 1. The Bertz CT molecular complexity index is 867. The van der Waals surface area contributed by atoms with E-state index in [1.165, 1.54) is 5.56 Å². The number of hydrogen-bond donors (Lipinski definition) is 1. The summed E-state index contributed by atoms with van der Waals surface area (Å²) in [5.41, 5.74) is 3.49. The molecule has 1 aromatic heterocycles. The molecule has 1 aliphatic heterocycles. The molecular formula is C18H16ClN5. The third-order valence-electron chi connectivity index (χ3n) is 4.09. The molecule has 0 atom stereocenters. The number of halogens is 1. The molecule has 4 rings (SSSR count). The number of aromatic nitrogens is 3. The van der Waals surface area contributed by atoms with Gasteiger partial charge in [-0.05, 0) is 29.7 Å². The third-order valence-corrected chi connectivity index (χ3v) is 4.46. The molecule has 0 saturated heterocycles. The van der Waals surface area contributed by atoms with Gasteiger partial charge in [0.2, 0.25) is 0 Å². The molecule has 0 spiro atoms. The fraction of sp³-hybridized carbons (Fsp3) is 0.167. The minimum absolute atomic E-state index is 0.592. The second-order valence-corrected chi connectivity index (χ2v) is 6.02. The van der Waals surface area contributed by atoms with E-state index in [9.17, 15) is 0 Å². The fourth-order valence-corrected chi connectivity index (χ4v) is 3.07. The summed E-state index contributed by atoms with van der Waals surface area (Å²) in [4.78, 5) is 6.70. The predicted molar refractivity (Wildman–Crippen MR) is 95.8 cm³/mol. The Morgan fingerprint density at radius 2 is 1.92 bits per heavy atom. The van der Waals surface area contributed by atoms with Gasteiger partial charge in [0.05, 0.1) is 6.20 Å². The van der Waals surface area contributed by atoms with E-state index in [1.54, 1.807) is 6.20 Å². The first-order valence-corrected chi connectivity index (χ1v) is 8.21. The Labute approximate surface area is 145 Å². The molecule has 0 unspecified atom stereocenters. The van der Waals surface area contributed by atoms with Crippen LogP contribution in [0, 0.1) is 0 Å². The lowest BCUT2D eigenvalue weighted by atomic mass is 10.2. The van der Waals surface area contributed by atoms with E-state index >= 15 is 0 Å². The van der Waals surface area contributed by atoms with Crippen LogP contribution in [-0.4, -0.2) is 21.7 Å². The molecule has 2 heterocycles. The summed E-state index contributed by atoms with van der Waals surface area (Å²) in [5.74, 6) is 1.30. The van der Waals surface area contributed by atoms with Gasteiger partial charge in [-0.1, -0.05) is 48.0 Å². The van der Waals surface area contributed by atoms with Crippen molar-refractivity contribution < 1.29 is 0 Å². The smallest absolute Gasteiger partial charge is 0.251 e. The molecule has 0 bridgehead atoms. The molecular weight excluding hydrogens is 322 g/mol. The van der Waals surface area contributed by atoms with E-state index in [0.717, 1.165) is 29.2 Å². The minimum atomic E-state index is 0.592.